The molecular weight excluding hydrogens is 234 g/mol. The molecule has 0 radical (unpaired) electrons. The van der Waals surface area contributed by atoms with Gasteiger partial charge in [0.05, 0.1) is 5.60 Å². The Labute approximate surface area is 118 Å². The van der Waals surface area contributed by atoms with Crippen molar-refractivity contribution in [3.8, 4) is 0 Å². The number of rotatable bonds is 9. The summed E-state index contributed by atoms with van der Waals surface area (Å²) in [4.78, 5) is 0. The van der Waals surface area contributed by atoms with Gasteiger partial charge < -0.3 is 10.8 Å². The van der Waals surface area contributed by atoms with E-state index in [1.165, 1.54) is 11.1 Å². The highest BCUT2D eigenvalue weighted by Gasteiger charge is 2.22. The summed E-state index contributed by atoms with van der Waals surface area (Å²) >= 11 is 0. The Morgan fingerprint density at radius 2 is 1.79 bits per heavy atom. The summed E-state index contributed by atoms with van der Waals surface area (Å²) in [5, 5.41) is 10.5. The molecular formula is C17H29NO. The number of hydrogen-bond donors (Lipinski definition) is 2. The van der Waals surface area contributed by atoms with E-state index >= 15 is 0 Å². The van der Waals surface area contributed by atoms with Gasteiger partial charge >= 0.3 is 0 Å². The highest BCUT2D eigenvalue weighted by molar-refractivity contribution is 5.24. The topological polar surface area (TPSA) is 46.2 Å². The van der Waals surface area contributed by atoms with Gasteiger partial charge in [-0.3, -0.25) is 0 Å². The molecule has 19 heavy (non-hydrogen) atoms. The van der Waals surface area contributed by atoms with E-state index in [1.807, 2.05) is 0 Å². The van der Waals surface area contributed by atoms with Crippen LogP contribution in [0.1, 0.15) is 57.1 Å². The fourth-order valence-electron chi connectivity index (χ4n) is 2.57. The van der Waals surface area contributed by atoms with Crippen LogP contribution in [0.5, 0.6) is 0 Å². The van der Waals surface area contributed by atoms with Crippen molar-refractivity contribution >= 4 is 0 Å². The number of hydrogen-bond acceptors (Lipinski definition) is 2. The minimum absolute atomic E-state index is 0.484. The quantitative estimate of drug-likeness (QED) is 0.717. The maximum atomic E-state index is 10.5. The fraction of sp³-hybridized carbons (Fsp3) is 0.647. The van der Waals surface area contributed by atoms with Crippen molar-refractivity contribution in [1.82, 2.24) is 0 Å². The van der Waals surface area contributed by atoms with Crippen LogP contribution in [0.25, 0.3) is 0 Å². The molecule has 0 aliphatic rings. The van der Waals surface area contributed by atoms with Crippen molar-refractivity contribution in [1.29, 1.82) is 0 Å². The van der Waals surface area contributed by atoms with E-state index in [9.17, 15) is 5.11 Å². The molecule has 3 N–H and O–H groups in total. The minimum Gasteiger partial charge on any atom is -0.390 e. The normalized spacial score (nSPS) is 14.3. The van der Waals surface area contributed by atoms with Crippen LogP contribution in [-0.2, 0) is 12.8 Å². The van der Waals surface area contributed by atoms with Crippen LogP contribution in [0, 0.1) is 0 Å². The molecule has 0 saturated carbocycles. The van der Waals surface area contributed by atoms with E-state index in [0.717, 1.165) is 51.5 Å². The van der Waals surface area contributed by atoms with Gasteiger partial charge in [0.1, 0.15) is 0 Å². The monoisotopic (exact) mass is 263 g/mol. The lowest BCUT2D eigenvalue weighted by atomic mass is 9.88. The predicted octanol–water partition coefficient (Wildman–Crippen LogP) is 3.45. The summed E-state index contributed by atoms with van der Waals surface area (Å²) in [6.45, 7) is 4.96. The Hall–Kier alpha value is -0.860. The maximum Gasteiger partial charge on any atom is 0.0648 e. The molecule has 1 aromatic rings. The molecule has 0 fully saturated rings. The number of aryl methyl sites for hydroxylation is 2. The molecule has 0 heterocycles. The van der Waals surface area contributed by atoms with E-state index < -0.39 is 5.60 Å². The largest absolute Gasteiger partial charge is 0.390 e. The van der Waals surface area contributed by atoms with Crippen molar-refractivity contribution < 1.29 is 5.11 Å². The maximum absolute atomic E-state index is 10.5. The summed E-state index contributed by atoms with van der Waals surface area (Å²) in [6, 6.07) is 8.70. The molecule has 0 bridgehead atoms. The van der Waals surface area contributed by atoms with Crippen molar-refractivity contribution in [2.24, 2.45) is 5.73 Å². The van der Waals surface area contributed by atoms with Crippen molar-refractivity contribution in [2.75, 3.05) is 6.54 Å². The lowest BCUT2D eigenvalue weighted by Crippen LogP contribution is -2.28. The molecule has 0 saturated heterocycles. The molecule has 2 heteroatoms. The molecule has 2 nitrogen and oxygen atoms in total. The second-order valence-corrected chi connectivity index (χ2v) is 5.54. The first-order valence-electron chi connectivity index (χ1n) is 7.64. The first-order valence-corrected chi connectivity index (χ1v) is 7.64. The van der Waals surface area contributed by atoms with Gasteiger partial charge in [-0.25, -0.2) is 0 Å². The van der Waals surface area contributed by atoms with Crippen LogP contribution < -0.4 is 5.73 Å². The summed E-state index contributed by atoms with van der Waals surface area (Å²) in [5.41, 5.74) is 7.76. The van der Waals surface area contributed by atoms with E-state index in [2.05, 4.69) is 38.1 Å². The zero-order valence-corrected chi connectivity index (χ0v) is 12.5. The van der Waals surface area contributed by atoms with Crippen LogP contribution in [-0.4, -0.2) is 17.3 Å². The van der Waals surface area contributed by atoms with E-state index in [-0.39, 0.29) is 0 Å². The second-order valence-electron chi connectivity index (χ2n) is 5.54. The van der Waals surface area contributed by atoms with Gasteiger partial charge in [0.25, 0.3) is 0 Å². The van der Waals surface area contributed by atoms with Crippen molar-refractivity contribution in [2.45, 2.75) is 64.4 Å². The molecule has 0 spiro atoms. The van der Waals surface area contributed by atoms with E-state index in [1.54, 1.807) is 0 Å². The molecule has 1 rings (SSSR count). The number of nitrogens with two attached hydrogens (primary N) is 1. The average Bonchev–Trinajstić information content (AvgIpc) is 2.44. The molecule has 1 unspecified atom stereocenters. The summed E-state index contributed by atoms with van der Waals surface area (Å²) in [7, 11) is 0. The SMILES string of the molecule is CCCC(O)(CC)CCc1cccc(CCCN)c1. The summed E-state index contributed by atoms with van der Waals surface area (Å²) in [5.74, 6) is 0. The Morgan fingerprint density at radius 3 is 2.37 bits per heavy atom. The Morgan fingerprint density at radius 1 is 1.11 bits per heavy atom. The Kier molecular flexibility index (Phi) is 7.11. The molecule has 1 aromatic carbocycles. The van der Waals surface area contributed by atoms with Gasteiger partial charge in [0.15, 0.2) is 0 Å². The highest BCUT2D eigenvalue weighted by atomic mass is 16.3. The third kappa shape index (κ3) is 5.75. The first kappa shape index (κ1) is 16.2. The zero-order chi connectivity index (χ0) is 14.1. The molecule has 0 aliphatic carbocycles. The summed E-state index contributed by atoms with van der Waals surface area (Å²) < 4.78 is 0. The van der Waals surface area contributed by atoms with Crippen LogP contribution in [0.15, 0.2) is 24.3 Å². The lowest BCUT2D eigenvalue weighted by Gasteiger charge is -2.26. The van der Waals surface area contributed by atoms with Crippen LogP contribution >= 0.6 is 0 Å². The van der Waals surface area contributed by atoms with Crippen LogP contribution in [0.4, 0.5) is 0 Å². The summed E-state index contributed by atoms with van der Waals surface area (Å²) in [6.07, 6.45) is 6.69. The van der Waals surface area contributed by atoms with Crippen LogP contribution in [0.2, 0.25) is 0 Å². The average molecular weight is 263 g/mol. The standard InChI is InChI=1S/C17H29NO/c1-3-11-17(19,4-2)12-10-16-8-5-7-15(14-16)9-6-13-18/h5,7-8,14,19H,3-4,6,9-13,18H2,1-2H3. The molecule has 0 aromatic heterocycles. The third-order valence-electron chi connectivity index (χ3n) is 3.91. The van der Waals surface area contributed by atoms with Crippen LogP contribution in [0.3, 0.4) is 0 Å². The van der Waals surface area contributed by atoms with Gasteiger partial charge in [-0.2, -0.15) is 0 Å². The number of benzene rings is 1. The fourth-order valence-corrected chi connectivity index (χ4v) is 2.57. The van der Waals surface area contributed by atoms with E-state index in [4.69, 9.17) is 5.73 Å². The van der Waals surface area contributed by atoms with Gasteiger partial charge in [0, 0.05) is 0 Å². The van der Waals surface area contributed by atoms with Gasteiger partial charge in [-0.1, -0.05) is 44.5 Å². The molecule has 0 amide bonds. The number of aliphatic hydroxyl groups is 1. The second kappa shape index (κ2) is 8.34. The zero-order valence-electron chi connectivity index (χ0n) is 12.5. The van der Waals surface area contributed by atoms with Gasteiger partial charge in [-0.05, 0) is 56.2 Å². The van der Waals surface area contributed by atoms with Crippen molar-refractivity contribution in [3.63, 3.8) is 0 Å². The lowest BCUT2D eigenvalue weighted by molar-refractivity contribution is 0.0185. The molecule has 1 atom stereocenters. The molecule has 108 valence electrons. The Bertz CT molecular complexity index is 364. The third-order valence-corrected chi connectivity index (χ3v) is 3.91. The molecule has 0 aliphatic heterocycles. The Balaban J connectivity index is 2.56. The predicted molar refractivity (Wildman–Crippen MR) is 82.3 cm³/mol. The van der Waals surface area contributed by atoms with E-state index in [0.29, 0.717) is 0 Å². The van der Waals surface area contributed by atoms with Gasteiger partial charge in [0.2, 0.25) is 0 Å². The minimum atomic E-state index is -0.484. The smallest absolute Gasteiger partial charge is 0.0648 e. The van der Waals surface area contributed by atoms with Crippen molar-refractivity contribution in [3.05, 3.63) is 35.4 Å². The highest BCUT2D eigenvalue weighted by Crippen LogP contribution is 2.24. The van der Waals surface area contributed by atoms with Gasteiger partial charge in [-0.15, -0.1) is 0 Å². The first-order chi connectivity index (χ1) is 9.13.